The van der Waals surface area contributed by atoms with Gasteiger partial charge in [0.25, 0.3) is 21.6 Å². The number of pyridine rings is 1. The number of aromatic nitrogens is 2. The van der Waals surface area contributed by atoms with Crippen LogP contribution in [-0.2, 0) is 14.8 Å². The number of amides is 2. The lowest BCUT2D eigenvalue weighted by atomic mass is 9.72. The van der Waals surface area contributed by atoms with Gasteiger partial charge in [-0.1, -0.05) is 43.2 Å². The third kappa shape index (κ3) is 9.84. The van der Waals surface area contributed by atoms with Crippen molar-refractivity contribution < 1.29 is 27.7 Å². The number of anilines is 4. The minimum absolute atomic E-state index is 0.0561. The highest BCUT2D eigenvalue weighted by Gasteiger charge is 2.39. The van der Waals surface area contributed by atoms with Crippen molar-refractivity contribution in [2.24, 2.45) is 17.3 Å². The number of piperazine rings is 1. The van der Waals surface area contributed by atoms with Crippen LogP contribution in [0.5, 0.6) is 5.88 Å². The van der Waals surface area contributed by atoms with Gasteiger partial charge in [-0.05, 0) is 109 Å². The van der Waals surface area contributed by atoms with E-state index in [0.717, 1.165) is 87.1 Å². The van der Waals surface area contributed by atoms with Gasteiger partial charge in [-0.2, -0.15) is 4.98 Å². The number of hydrogen-bond donors (Lipinski definition) is 4. The number of rotatable bonds is 13. The molecule has 1 aliphatic carbocycles. The molecule has 0 bridgehead atoms. The number of piperidine rings is 1. The van der Waals surface area contributed by atoms with Crippen LogP contribution in [-0.4, -0.2) is 124 Å². The van der Waals surface area contributed by atoms with Crippen LogP contribution in [0.25, 0.3) is 16.6 Å². The molecule has 3 aromatic carbocycles. The molecule has 2 amide bonds. The van der Waals surface area contributed by atoms with E-state index in [1.807, 2.05) is 41.3 Å². The van der Waals surface area contributed by atoms with E-state index in [2.05, 4.69) is 61.0 Å². The lowest BCUT2D eigenvalue weighted by molar-refractivity contribution is -0.384. The number of H-pyrrole nitrogens is 1. The number of nitro benzene ring substituents is 1. The van der Waals surface area contributed by atoms with Gasteiger partial charge >= 0.3 is 0 Å². The molecule has 2 aromatic heterocycles. The number of hydrogen-bond acceptors (Lipinski definition) is 13. The number of carbonyl (C=O) groups excluding carboxylic acids is 2. The summed E-state index contributed by atoms with van der Waals surface area (Å²) in [6.07, 6.45) is 5.87. The minimum atomic E-state index is -4.60. The van der Waals surface area contributed by atoms with Crippen LogP contribution in [0.3, 0.4) is 0 Å². The molecular formula is C50H57ClN10O7S. The lowest BCUT2D eigenvalue weighted by Gasteiger charge is -2.39. The van der Waals surface area contributed by atoms with Gasteiger partial charge in [0.2, 0.25) is 11.8 Å². The van der Waals surface area contributed by atoms with E-state index < -0.39 is 31.4 Å². The van der Waals surface area contributed by atoms with Crippen molar-refractivity contribution >= 4 is 78.5 Å². The normalized spacial score (nSPS) is 20.8. The summed E-state index contributed by atoms with van der Waals surface area (Å²) in [5.41, 5.74) is 6.74. The maximum Gasteiger partial charge on any atom is 0.293 e. The Kier molecular flexibility index (Phi) is 12.8. The summed E-state index contributed by atoms with van der Waals surface area (Å²) >= 11 is 6.27. The van der Waals surface area contributed by atoms with Crippen molar-refractivity contribution in [3.63, 3.8) is 0 Å². The average molecular weight is 978 g/mol. The van der Waals surface area contributed by atoms with Crippen LogP contribution in [0.4, 0.5) is 28.4 Å². The second kappa shape index (κ2) is 18.9. The van der Waals surface area contributed by atoms with Gasteiger partial charge in [-0.15, -0.1) is 0 Å². The predicted molar refractivity (Wildman–Crippen MR) is 267 cm³/mol. The van der Waals surface area contributed by atoms with Gasteiger partial charge in [0.15, 0.2) is 0 Å². The first-order valence-corrected chi connectivity index (χ1v) is 25.6. The first-order valence-electron chi connectivity index (χ1n) is 23.7. The first kappa shape index (κ1) is 46.5. The van der Waals surface area contributed by atoms with Crippen LogP contribution in [0.15, 0.2) is 89.5 Å². The highest BCUT2D eigenvalue weighted by Crippen LogP contribution is 2.44. The van der Waals surface area contributed by atoms with E-state index in [-0.39, 0.29) is 35.1 Å². The Balaban J connectivity index is 0.877. The van der Waals surface area contributed by atoms with E-state index in [0.29, 0.717) is 61.5 Å². The molecule has 6 heterocycles. The Bertz CT molecular complexity index is 2950. The van der Waals surface area contributed by atoms with Gasteiger partial charge in [0, 0.05) is 87.3 Å². The zero-order chi connectivity index (χ0) is 48.0. The number of nitrogens with one attached hydrogen (secondary N) is 4. The predicted octanol–water partition coefficient (Wildman–Crippen LogP) is 7.04. The lowest BCUT2D eigenvalue weighted by Crippen LogP contribution is -2.47. The van der Waals surface area contributed by atoms with E-state index in [9.17, 15) is 28.1 Å². The average Bonchev–Trinajstić information content (AvgIpc) is 3.96. The van der Waals surface area contributed by atoms with Crippen molar-refractivity contribution in [2.45, 2.75) is 44.4 Å². The maximum absolute atomic E-state index is 14.4. The molecule has 0 saturated carbocycles. The van der Waals surface area contributed by atoms with Gasteiger partial charge in [0.05, 0.1) is 33.5 Å². The molecule has 19 heteroatoms. The number of halogens is 1. The largest absolute Gasteiger partial charge is 0.474 e. The second-order valence-corrected chi connectivity index (χ2v) is 21.7. The number of carbonyl (C=O) groups is 2. The smallest absolute Gasteiger partial charge is 0.293 e. The molecule has 3 fully saturated rings. The number of sulfonamides is 1. The third-order valence-corrected chi connectivity index (χ3v) is 16.1. The van der Waals surface area contributed by atoms with Crippen LogP contribution in [0.2, 0.25) is 5.02 Å². The fraction of sp³-hybridized carbons (Fsp3) is 0.420. The standard InChI is InChI=1S/C50H57ClN10O7S/c1-50(2)14-11-35(40(28-50)32-3-5-36(51)6-4-32)30-58-19-21-59(22-20-58)37-7-9-39(43(26-37)60-23-24-68-49-45(60)25-33-12-15-53-46(33)55-49)48(63)56-69(66,67)38-8-10-42(44(27-38)61(64)65)52-16-18-57-17-13-34-29-54-47(62)41(34)31-57/h3-10,12,15,25-27,34,41,52H,11,13-14,16-24,28-31H2,1-2H3,(H,53,55)(H,54,62)(H,56,63). The molecule has 4 aliphatic heterocycles. The highest BCUT2D eigenvalue weighted by molar-refractivity contribution is 7.90. The molecular weight excluding hydrogens is 920 g/mol. The summed E-state index contributed by atoms with van der Waals surface area (Å²) in [6.45, 7) is 12.3. The van der Waals surface area contributed by atoms with E-state index in [4.69, 9.17) is 21.3 Å². The fourth-order valence-electron chi connectivity index (χ4n) is 10.6. The van der Waals surface area contributed by atoms with E-state index >= 15 is 0 Å². The number of ether oxygens (including phenoxy) is 1. The van der Waals surface area contributed by atoms with E-state index in [1.165, 1.54) is 28.8 Å². The van der Waals surface area contributed by atoms with Gasteiger partial charge in [-0.25, -0.2) is 13.1 Å². The van der Waals surface area contributed by atoms with Crippen molar-refractivity contribution in [1.29, 1.82) is 0 Å². The zero-order valence-corrected chi connectivity index (χ0v) is 40.4. The number of likely N-dealkylation sites (tertiary alicyclic amines) is 1. The Labute approximate surface area is 406 Å². The molecule has 5 aromatic rings. The zero-order valence-electron chi connectivity index (χ0n) is 38.8. The summed E-state index contributed by atoms with van der Waals surface area (Å²) in [6, 6.07) is 21.0. The second-order valence-electron chi connectivity index (χ2n) is 19.6. The Hall–Kier alpha value is -6.21. The molecule has 362 valence electrons. The van der Waals surface area contributed by atoms with Gasteiger partial charge in [-0.3, -0.25) is 24.6 Å². The number of allylic oxidation sites excluding steroid dienone is 1. The minimum Gasteiger partial charge on any atom is -0.474 e. The topological polar surface area (TPSA) is 198 Å². The van der Waals surface area contributed by atoms with Crippen molar-refractivity contribution in [1.82, 2.24) is 29.8 Å². The van der Waals surface area contributed by atoms with Crippen LogP contribution in [0, 0.1) is 27.4 Å². The molecule has 2 unspecified atom stereocenters. The quantitative estimate of drug-likeness (QED) is 0.0693. The Morgan fingerprint density at radius 1 is 0.986 bits per heavy atom. The van der Waals surface area contributed by atoms with Gasteiger partial charge in [0.1, 0.15) is 23.6 Å². The van der Waals surface area contributed by atoms with Crippen LogP contribution >= 0.6 is 11.6 Å². The molecule has 4 N–H and O–H groups in total. The third-order valence-electron chi connectivity index (χ3n) is 14.5. The van der Waals surface area contributed by atoms with E-state index in [1.54, 1.807) is 12.3 Å². The summed E-state index contributed by atoms with van der Waals surface area (Å²) in [4.78, 5) is 54.6. The Morgan fingerprint density at radius 3 is 2.59 bits per heavy atom. The molecule has 2 atom stereocenters. The van der Waals surface area contributed by atoms with Crippen molar-refractivity contribution in [3.8, 4) is 5.88 Å². The maximum atomic E-state index is 14.4. The monoisotopic (exact) mass is 976 g/mol. The van der Waals surface area contributed by atoms with Crippen LogP contribution in [0.1, 0.15) is 55.5 Å². The van der Waals surface area contributed by atoms with Crippen molar-refractivity contribution in [2.75, 3.05) is 93.7 Å². The molecule has 0 radical (unpaired) electrons. The molecule has 69 heavy (non-hydrogen) atoms. The van der Waals surface area contributed by atoms with Crippen LogP contribution < -0.4 is 29.9 Å². The Morgan fingerprint density at radius 2 is 1.80 bits per heavy atom. The molecule has 5 aliphatic rings. The SMILES string of the molecule is CC1(C)CCC(CN2CCN(c3ccc(C(=O)NS(=O)(=O)c4ccc(NCCN5CCC6CNC(=O)C6C5)c([N+](=O)[O-])c4)c(N4CCOc5nc6[nH]ccc6cc54)c3)CC2)=C(c2ccc(Cl)cc2)C1. The molecule has 10 rings (SSSR count). The number of fused-ring (bicyclic) bond motifs is 3. The highest BCUT2D eigenvalue weighted by atomic mass is 35.5. The summed E-state index contributed by atoms with van der Waals surface area (Å²) < 4.78 is 36.2. The molecule has 3 saturated heterocycles. The molecule has 17 nitrogen and oxygen atoms in total. The number of nitrogens with zero attached hydrogens (tertiary/aromatic N) is 6. The first-order chi connectivity index (χ1) is 33.2. The van der Waals surface area contributed by atoms with Crippen molar-refractivity contribution in [3.05, 3.63) is 111 Å². The number of aromatic amines is 1. The fourth-order valence-corrected chi connectivity index (χ4v) is 11.7. The summed E-state index contributed by atoms with van der Waals surface area (Å²) in [5.74, 6) is -0.178. The summed E-state index contributed by atoms with van der Waals surface area (Å²) in [7, 11) is -4.60. The molecule has 0 spiro atoms. The number of benzene rings is 3. The van der Waals surface area contributed by atoms with Gasteiger partial charge < -0.3 is 35.1 Å². The number of nitro groups is 1. The summed E-state index contributed by atoms with van der Waals surface area (Å²) in [5, 5.41) is 19.9.